The van der Waals surface area contributed by atoms with Crippen molar-refractivity contribution in [2.24, 2.45) is 10.8 Å². The molecule has 0 amide bonds. The van der Waals surface area contributed by atoms with Gasteiger partial charge in [-0.1, -0.05) is 13.2 Å². The Hall–Kier alpha value is -3.26. The van der Waals surface area contributed by atoms with Crippen molar-refractivity contribution >= 4 is 11.9 Å². The van der Waals surface area contributed by atoms with Gasteiger partial charge >= 0.3 is 83.4 Å². The van der Waals surface area contributed by atoms with Gasteiger partial charge in [0.1, 0.15) is 11.1 Å². The van der Waals surface area contributed by atoms with Crippen LogP contribution in [0.15, 0.2) is 24.3 Å². The van der Waals surface area contributed by atoms with Gasteiger partial charge in [0.2, 0.25) is 0 Å². The van der Waals surface area contributed by atoms with Crippen molar-refractivity contribution in [1.29, 1.82) is 0 Å². The van der Waals surface area contributed by atoms with E-state index in [2.05, 4.69) is 0 Å². The van der Waals surface area contributed by atoms with Crippen LogP contribution in [0.1, 0.15) is 0 Å². The van der Waals surface area contributed by atoms with Crippen LogP contribution >= 0.6 is 0 Å². The Balaban J connectivity index is 2.71. The topological polar surface area (TPSA) is 52.6 Å². The molecule has 4 fully saturated rings. The number of alkyl halides is 24. The van der Waals surface area contributed by atoms with Gasteiger partial charge in [0.15, 0.2) is 0 Å². The predicted octanol–water partition coefficient (Wildman–Crippen LogP) is 7.74. The quantitative estimate of drug-likeness (QED) is 0.158. The van der Waals surface area contributed by atoms with E-state index in [0.717, 1.165) is 0 Å². The second kappa shape index (κ2) is 8.90. The zero-order chi connectivity index (χ0) is 38.7. The minimum Gasteiger partial charge on any atom is -0.396 e. The summed E-state index contributed by atoms with van der Waals surface area (Å²) in [5, 5.41) is 0. The van der Waals surface area contributed by atoms with Gasteiger partial charge in [-0.15, -0.1) is 0 Å². The number of rotatable bonds is 6. The van der Waals surface area contributed by atoms with Gasteiger partial charge in [-0.2, -0.15) is 52.7 Å². The van der Waals surface area contributed by atoms with Gasteiger partial charge in [-0.3, -0.25) is 0 Å². The molecule has 4 rings (SSSR count). The van der Waals surface area contributed by atoms with E-state index in [-0.39, 0.29) is 0 Å². The van der Waals surface area contributed by atoms with E-state index in [0.29, 0.717) is 0 Å². The zero-order valence-corrected chi connectivity index (χ0v) is 21.1. The van der Waals surface area contributed by atoms with Crippen LogP contribution in [0.3, 0.4) is 0 Å². The predicted molar refractivity (Wildman–Crippen MR) is 94.7 cm³/mol. The molecule has 0 spiro atoms. The molecule has 0 aromatic heterocycles. The summed E-state index contributed by atoms with van der Waals surface area (Å²) in [7, 11) is 0. The molecule has 0 saturated heterocycles. The largest absolute Gasteiger partial charge is 0.424 e. The first-order valence-corrected chi connectivity index (χ1v) is 11.0. The van der Waals surface area contributed by atoms with Crippen LogP contribution in [0.2, 0.25) is 0 Å². The highest BCUT2D eigenvalue weighted by Crippen LogP contribution is 2.95. The fourth-order valence-corrected chi connectivity index (χ4v) is 5.76. The third kappa shape index (κ3) is 3.19. The maximum atomic E-state index is 15.8. The fourth-order valence-electron chi connectivity index (χ4n) is 5.76. The molecule has 4 nitrogen and oxygen atoms in total. The molecule has 0 atom stereocenters. The summed E-state index contributed by atoms with van der Waals surface area (Å²) in [6.45, 7) is 3.01. The Morgan fingerprint density at radius 2 is 0.604 bits per heavy atom. The normalized spacial score (nSPS) is 35.5. The number of carbonyl (C=O) groups excluding carboxylic acids is 2. The number of esters is 2. The molecule has 0 aromatic rings. The lowest BCUT2D eigenvalue weighted by molar-refractivity contribution is -0.664. The first kappa shape index (κ1) is 39.2. The molecule has 0 aromatic carbocycles. The van der Waals surface area contributed by atoms with Gasteiger partial charge in [0, 0.05) is 0 Å². The van der Waals surface area contributed by atoms with E-state index in [9.17, 15) is 44.7 Å². The molecule has 28 heteroatoms. The highest BCUT2D eigenvalue weighted by molar-refractivity contribution is 5.90. The summed E-state index contributed by atoms with van der Waals surface area (Å²) in [6, 6.07) is 0. The third-order valence-corrected chi connectivity index (χ3v) is 7.91. The van der Waals surface area contributed by atoms with E-state index in [1.165, 1.54) is 13.2 Å². The van der Waals surface area contributed by atoms with Crippen LogP contribution in [-0.2, 0) is 19.1 Å². The molecular formula is C20H4F24O4. The van der Waals surface area contributed by atoms with Crippen molar-refractivity contribution in [3.63, 3.8) is 0 Å². The van der Waals surface area contributed by atoms with E-state index in [1.807, 2.05) is 9.47 Å². The zero-order valence-electron chi connectivity index (χ0n) is 21.1. The average Bonchev–Trinajstić information content (AvgIpc) is 2.81. The highest BCUT2D eigenvalue weighted by Gasteiger charge is 3.27. The van der Waals surface area contributed by atoms with Crippen molar-refractivity contribution in [1.82, 2.24) is 0 Å². The molecular weight excluding hydrogens is 760 g/mol. The lowest BCUT2D eigenvalue weighted by atomic mass is 9.32. The summed E-state index contributed by atoms with van der Waals surface area (Å²) in [5.41, 5.74) is -43.9. The van der Waals surface area contributed by atoms with Crippen molar-refractivity contribution in [2.45, 2.75) is 71.4 Å². The monoisotopic (exact) mass is 764 g/mol. The highest BCUT2D eigenvalue weighted by atomic mass is 19.4. The molecule has 0 unspecified atom stereocenters. The Labute approximate surface area is 244 Å². The second-order valence-electron chi connectivity index (χ2n) is 10.0. The van der Waals surface area contributed by atoms with Gasteiger partial charge < -0.3 is 9.47 Å². The van der Waals surface area contributed by atoms with E-state index in [1.54, 1.807) is 0 Å². The van der Waals surface area contributed by atoms with Crippen LogP contribution < -0.4 is 0 Å². The van der Waals surface area contributed by atoms with Gasteiger partial charge in [0.25, 0.3) is 10.8 Å². The van der Waals surface area contributed by atoms with Gasteiger partial charge in [-0.25, -0.2) is 62.3 Å². The summed E-state index contributed by atoms with van der Waals surface area (Å²) < 4.78 is 356. The maximum absolute atomic E-state index is 15.8. The minimum absolute atomic E-state index is 1.50. The third-order valence-electron chi connectivity index (χ3n) is 7.91. The molecule has 0 N–H and O–H groups in total. The smallest absolute Gasteiger partial charge is 0.396 e. The van der Waals surface area contributed by atoms with E-state index < -0.39 is 105 Å². The van der Waals surface area contributed by atoms with Crippen molar-refractivity contribution in [3.05, 3.63) is 24.3 Å². The Morgan fingerprint density at radius 1 is 0.396 bits per heavy atom. The Morgan fingerprint density at radius 3 is 0.792 bits per heavy atom. The maximum Gasteiger partial charge on any atom is 0.424 e. The molecule has 0 heterocycles. The second-order valence-corrected chi connectivity index (χ2v) is 10.0. The van der Waals surface area contributed by atoms with Crippen molar-refractivity contribution < 1.29 is 124 Å². The first-order chi connectivity index (χ1) is 20.6. The Bertz CT molecular complexity index is 1340. The Kier molecular flexibility index (Phi) is 7.27. The lowest BCUT2D eigenvalue weighted by Crippen LogP contribution is -3.09. The summed E-state index contributed by atoms with van der Waals surface area (Å²) in [4.78, 5) is 22.9. The number of hydrogen-bond donors (Lipinski definition) is 0. The number of ether oxygens (including phenoxy) is 2. The molecule has 0 aliphatic heterocycles. The average molecular weight is 764 g/mol. The van der Waals surface area contributed by atoms with E-state index in [4.69, 9.17) is 0 Å². The van der Waals surface area contributed by atoms with Gasteiger partial charge in [-0.05, 0) is 0 Å². The molecule has 4 aliphatic carbocycles. The first-order valence-electron chi connectivity index (χ1n) is 11.0. The molecule has 4 aliphatic rings. The molecule has 4 saturated carbocycles. The lowest BCUT2D eigenvalue weighted by Gasteiger charge is -2.77. The number of hydrogen-bond acceptors (Lipinski definition) is 4. The van der Waals surface area contributed by atoms with Crippen LogP contribution in [0, 0.1) is 10.8 Å². The standard InChI is InChI=1S/C20H4F24O4/c1-3(7(21,22)23)5(45)47-19(41,42)9-13(29,30)10(20(43,44)48-6(46)4(2)8(24,25)26)16(35,36)11(27,14(9,31)32)18(39,40)12(28,15(9,33)34)17(10,37)38/h1-2H2. The summed E-state index contributed by atoms with van der Waals surface area (Å²) in [6.07, 6.45) is -30.5. The van der Waals surface area contributed by atoms with Crippen LogP contribution in [-0.4, -0.2) is 83.4 Å². The SMILES string of the molecule is C=C(C(=O)OC(F)(F)C12C(F)(F)C3(F)C(F)(F)C(F)(C1(F)F)C(F)(F)C(C(F)(F)OC(=O)C(=C)C(F)(F)F)(C3(F)F)C2(F)F)C(F)(F)F. The molecule has 4 bridgehead atoms. The van der Waals surface area contributed by atoms with E-state index >= 15 is 70.2 Å². The number of carbonyl (C=O) groups is 2. The summed E-state index contributed by atoms with van der Waals surface area (Å²) in [5.74, 6) is -63.8. The molecule has 276 valence electrons. The number of halogens is 24. The van der Waals surface area contributed by atoms with Crippen LogP contribution in [0.25, 0.3) is 0 Å². The van der Waals surface area contributed by atoms with Crippen molar-refractivity contribution in [3.8, 4) is 0 Å². The van der Waals surface area contributed by atoms with Crippen LogP contribution in [0.5, 0.6) is 0 Å². The van der Waals surface area contributed by atoms with Crippen LogP contribution in [0.4, 0.5) is 105 Å². The molecule has 0 radical (unpaired) electrons. The van der Waals surface area contributed by atoms with Gasteiger partial charge in [0.05, 0.1) is 0 Å². The molecule has 48 heavy (non-hydrogen) atoms. The minimum atomic E-state index is -9.46. The van der Waals surface area contributed by atoms with Crippen molar-refractivity contribution in [2.75, 3.05) is 0 Å². The fraction of sp³-hybridized carbons (Fsp3) is 0.700. The summed E-state index contributed by atoms with van der Waals surface area (Å²) >= 11 is 0.